The molecule has 130 valence electrons. The first kappa shape index (κ1) is 17.8. The topological polar surface area (TPSA) is 58.2 Å². The van der Waals surface area contributed by atoms with Crippen molar-refractivity contribution in [3.05, 3.63) is 58.1 Å². The molecule has 25 heavy (non-hydrogen) atoms. The summed E-state index contributed by atoms with van der Waals surface area (Å²) in [6.07, 6.45) is 2.76. The summed E-state index contributed by atoms with van der Waals surface area (Å²) in [6.45, 7) is 0. The molecule has 0 saturated heterocycles. The van der Waals surface area contributed by atoms with Crippen molar-refractivity contribution >= 4 is 46.4 Å². The van der Waals surface area contributed by atoms with Gasteiger partial charge in [-0.3, -0.25) is 9.59 Å². The van der Waals surface area contributed by atoms with Crippen LogP contribution in [0.4, 0.5) is 11.4 Å². The Hall–Kier alpha value is -2.04. The molecule has 1 aliphatic rings. The predicted molar refractivity (Wildman–Crippen MR) is 101 cm³/mol. The van der Waals surface area contributed by atoms with Gasteiger partial charge in [0.2, 0.25) is 11.8 Å². The fourth-order valence-corrected chi connectivity index (χ4v) is 2.85. The Kier molecular flexibility index (Phi) is 5.61. The Bertz CT molecular complexity index is 787. The first-order chi connectivity index (χ1) is 12.0. The maximum atomic E-state index is 12.1. The van der Waals surface area contributed by atoms with E-state index < -0.39 is 0 Å². The molecule has 6 heteroatoms. The highest BCUT2D eigenvalue weighted by atomic mass is 35.5. The van der Waals surface area contributed by atoms with E-state index in [2.05, 4.69) is 10.6 Å². The van der Waals surface area contributed by atoms with Crippen molar-refractivity contribution < 1.29 is 9.59 Å². The molecular weight excluding hydrogens is 359 g/mol. The van der Waals surface area contributed by atoms with E-state index in [0.29, 0.717) is 28.6 Å². The third-order valence-electron chi connectivity index (χ3n) is 4.04. The second-order valence-electron chi connectivity index (χ2n) is 6.10. The molecule has 0 radical (unpaired) electrons. The summed E-state index contributed by atoms with van der Waals surface area (Å²) >= 11 is 12.1. The third kappa shape index (κ3) is 4.97. The summed E-state index contributed by atoms with van der Waals surface area (Å²) in [5.74, 6) is 0.124. The van der Waals surface area contributed by atoms with Gasteiger partial charge in [0.1, 0.15) is 0 Å². The summed E-state index contributed by atoms with van der Waals surface area (Å²) in [5, 5.41) is 6.68. The summed E-state index contributed by atoms with van der Waals surface area (Å²) in [4.78, 5) is 23.8. The quantitative estimate of drug-likeness (QED) is 0.751. The van der Waals surface area contributed by atoms with E-state index in [9.17, 15) is 9.59 Å². The Morgan fingerprint density at radius 1 is 0.960 bits per heavy atom. The molecule has 4 nitrogen and oxygen atoms in total. The fourth-order valence-electron chi connectivity index (χ4n) is 2.44. The first-order valence-electron chi connectivity index (χ1n) is 8.16. The Morgan fingerprint density at radius 3 is 2.24 bits per heavy atom. The van der Waals surface area contributed by atoms with Crippen LogP contribution < -0.4 is 10.6 Å². The largest absolute Gasteiger partial charge is 0.326 e. The molecule has 3 rings (SSSR count). The zero-order valence-electron chi connectivity index (χ0n) is 13.5. The third-order valence-corrected chi connectivity index (χ3v) is 4.90. The van der Waals surface area contributed by atoms with Crippen LogP contribution in [0.1, 0.15) is 24.8 Å². The van der Waals surface area contributed by atoms with Crippen LogP contribution in [0.3, 0.4) is 0 Å². The molecular formula is C19H18Cl2N2O2. The number of aryl methyl sites for hydroxylation is 1. The van der Waals surface area contributed by atoms with E-state index in [0.717, 1.165) is 24.1 Å². The van der Waals surface area contributed by atoms with E-state index in [4.69, 9.17) is 23.2 Å². The number of carbonyl (C=O) groups is 2. The molecule has 0 atom stereocenters. The van der Waals surface area contributed by atoms with Crippen LogP contribution in [-0.4, -0.2) is 11.8 Å². The zero-order valence-corrected chi connectivity index (χ0v) is 15.0. The van der Waals surface area contributed by atoms with Crippen molar-refractivity contribution in [2.75, 3.05) is 10.6 Å². The Morgan fingerprint density at radius 2 is 1.60 bits per heavy atom. The van der Waals surface area contributed by atoms with Gasteiger partial charge in [0.15, 0.2) is 0 Å². The van der Waals surface area contributed by atoms with E-state index >= 15 is 0 Å². The SMILES string of the molecule is O=C(CCc1cccc(Cl)c1Cl)Nc1ccc(NC(=O)C2CC2)cc1. The number of anilines is 2. The molecule has 1 aliphatic carbocycles. The molecule has 0 aliphatic heterocycles. The molecule has 0 spiro atoms. The molecule has 0 aromatic heterocycles. The van der Waals surface area contributed by atoms with Gasteiger partial charge in [-0.15, -0.1) is 0 Å². The summed E-state index contributed by atoms with van der Waals surface area (Å²) in [5.41, 5.74) is 2.27. The highest BCUT2D eigenvalue weighted by Gasteiger charge is 2.29. The minimum absolute atomic E-state index is 0.0650. The van der Waals surface area contributed by atoms with Crippen molar-refractivity contribution in [2.45, 2.75) is 25.7 Å². The van der Waals surface area contributed by atoms with Gasteiger partial charge in [-0.25, -0.2) is 0 Å². The minimum Gasteiger partial charge on any atom is -0.326 e. The number of rotatable bonds is 6. The monoisotopic (exact) mass is 376 g/mol. The number of carbonyl (C=O) groups excluding carboxylic acids is 2. The average molecular weight is 377 g/mol. The Labute approximate surface area is 156 Å². The highest BCUT2D eigenvalue weighted by molar-refractivity contribution is 6.42. The summed E-state index contributed by atoms with van der Waals surface area (Å²) < 4.78 is 0. The molecule has 1 fully saturated rings. The zero-order chi connectivity index (χ0) is 17.8. The van der Waals surface area contributed by atoms with E-state index in [-0.39, 0.29) is 17.7 Å². The molecule has 2 amide bonds. The fraction of sp³-hybridized carbons (Fsp3) is 0.263. The number of nitrogens with one attached hydrogen (secondary N) is 2. The van der Waals surface area contributed by atoms with Crippen LogP contribution in [0.2, 0.25) is 10.0 Å². The molecule has 0 heterocycles. The van der Waals surface area contributed by atoms with E-state index in [1.165, 1.54) is 0 Å². The number of hydrogen-bond donors (Lipinski definition) is 2. The normalized spacial score (nSPS) is 13.4. The van der Waals surface area contributed by atoms with Gasteiger partial charge in [-0.05, 0) is 55.2 Å². The van der Waals surface area contributed by atoms with Crippen molar-refractivity contribution in [3.63, 3.8) is 0 Å². The van der Waals surface area contributed by atoms with Crippen LogP contribution in [-0.2, 0) is 16.0 Å². The number of benzene rings is 2. The second-order valence-corrected chi connectivity index (χ2v) is 6.89. The van der Waals surface area contributed by atoms with Gasteiger partial charge >= 0.3 is 0 Å². The summed E-state index contributed by atoms with van der Waals surface area (Å²) in [6, 6.07) is 12.5. The van der Waals surface area contributed by atoms with Gasteiger partial charge in [-0.2, -0.15) is 0 Å². The first-order valence-corrected chi connectivity index (χ1v) is 8.92. The lowest BCUT2D eigenvalue weighted by Gasteiger charge is -2.09. The van der Waals surface area contributed by atoms with Crippen molar-refractivity contribution in [1.29, 1.82) is 0 Å². The van der Waals surface area contributed by atoms with Gasteiger partial charge in [0, 0.05) is 23.7 Å². The molecule has 0 bridgehead atoms. The minimum atomic E-state index is -0.106. The molecule has 0 unspecified atom stereocenters. The van der Waals surface area contributed by atoms with Crippen LogP contribution >= 0.6 is 23.2 Å². The number of hydrogen-bond acceptors (Lipinski definition) is 2. The van der Waals surface area contributed by atoms with Gasteiger partial charge in [-0.1, -0.05) is 35.3 Å². The van der Waals surface area contributed by atoms with Crippen molar-refractivity contribution in [3.8, 4) is 0 Å². The molecule has 2 aromatic rings. The standard InChI is InChI=1S/C19H18Cl2N2O2/c20-16-3-1-2-12(18(16)21)6-11-17(24)22-14-7-9-15(10-8-14)23-19(25)13-4-5-13/h1-3,7-10,13H,4-6,11H2,(H,22,24)(H,23,25). The highest BCUT2D eigenvalue weighted by Crippen LogP contribution is 2.30. The summed E-state index contributed by atoms with van der Waals surface area (Å²) in [7, 11) is 0. The van der Waals surface area contributed by atoms with Gasteiger partial charge in [0.05, 0.1) is 10.0 Å². The number of amides is 2. The molecule has 2 aromatic carbocycles. The maximum Gasteiger partial charge on any atom is 0.227 e. The van der Waals surface area contributed by atoms with Gasteiger partial charge in [0.25, 0.3) is 0 Å². The number of halogens is 2. The second kappa shape index (κ2) is 7.89. The van der Waals surface area contributed by atoms with Crippen LogP contribution in [0.5, 0.6) is 0 Å². The average Bonchev–Trinajstić information content (AvgIpc) is 3.43. The van der Waals surface area contributed by atoms with Crippen LogP contribution in [0.25, 0.3) is 0 Å². The van der Waals surface area contributed by atoms with Crippen LogP contribution in [0.15, 0.2) is 42.5 Å². The van der Waals surface area contributed by atoms with E-state index in [1.54, 1.807) is 30.3 Å². The maximum absolute atomic E-state index is 12.1. The van der Waals surface area contributed by atoms with Crippen molar-refractivity contribution in [2.24, 2.45) is 5.92 Å². The molecule has 2 N–H and O–H groups in total. The van der Waals surface area contributed by atoms with E-state index in [1.807, 2.05) is 12.1 Å². The smallest absolute Gasteiger partial charge is 0.227 e. The van der Waals surface area contributed by atoms with Gasteiger partial charge < -0.3 is 10.6 Å². The Balaban J connectivity index is 1.50. The predicted octanol–water partition coefficient (Wildman–Crippen LogP) is 4.91. The lowest BCUT2D eigenvalue weighted by molar-refractivity contribution is -0.117. The van der Waals surface area contributed by atoms with Crippen LogP contribution in [0, 0.1) is 5.92 Å². The molecule has 1 saturated carbocycles. The lowest BCUT2D eigenvalue weighted by Crippen LogP contribution is -2.14. The van der Waals surface area contributed by atoms with Crippen molar-refractivity contribution in [1.82, 2.24) is 0 Å². The lowest BCUT2D eigenvalue weighted by atomic mass is 10.1.